The van der Waals surface area contributed by atoms with E-state index < -0.39 is 29.2 Å². The van der Waals surface area contributed by atoms with Crippen molar-refractivity contribution in [3.8, 4) is 0 Å². The normalized spacial score (nSPS) is 27.2. The Balaban J connectivity index is 1.62. The first-order valence-corrected chi connectivity index (χ1v) is 12.9. The summed E-state index contributed by atoms with van der Waals surface area (Å²) < 4.78 is 0. The van der Waals surface area contributed by atoms with Crippen molar-refractivity contribution in [1.82, 2.24) is 20.3 Å². The molecule has 4 aliphatic heterocycles. The van der Waals surface area contributed by atoms with E-state index in [4.69, 9.17) is 9.98 Å². The third-order valence-corrected chi connectivity index (χ3v) is 7.62. The van der Waals surface area contributed by atoms with E-state index in [0.717, 1.165) is 27.7 Å². The number of ketones is 1. The lowest BCUT2D eigenvalue weighted by Crippen LogP contribution is -2.48. The van der Waals surface area contributed by atoms with Gasteiger partial charge in [0.2, 0.25) is 0 Å². The zero-order valence-electron chi connectivity index (χ0n) is 22.0. The number of H-pyrrole nitrogens is 1. The molecule has 198 valence electrons. The predicted molar refractivity (Wildman–Crippen MR) is 149 cm³/mol. The molecule has 0 radical (unpaired) electrons. The zero-order valence-corrected chi connectivity index (χ0v) is 22.0. The van der Waals surface area contributed by atoms with Crippen LogP contribution in [-0.4, -0.2) is 60.6 Å². The van der Waals surface area contributed by atoms with Crippen LogP contribution in [0.2, 0.25) is 0 Å². The molecule has 9 heteroatoms. The minimum Gasteiger partial charge on any atom is -0.394 e. The molecule has 1 saturated heterocycles. The molecule has 0 spiro atoms. The Labute approximate surface area is 225 Å². The fourth-order valence-corrected chi connectivity index (χ4v) is 5.54. The number of allylic oxidation sites excluding steroid dienone is 4. The maximum atomic E-state index is 14.2. The van der Waals surface area contributed by atoms with Gasteiger partial charge < -0.3 is 20.5 Å². The van der Waals surface area contributed by atoms with Crippen molar-refractivity contribution in [3.05, 3.63) is 94.5 Å². The minimum atomic E-state index is -1.29. The molecule has 3 unspecified atom stereocenters. The molecule has 3 atom stereocenters. The number of rotatable bonds is 4. The Morgan fingerprint density at radius 3 is 2.44 bits per heavy atom. The molecule has 0 aliphatic carbocycles. The van der Waals surface area contributed by atoms with Gasteiger partial charge in [-0.2, -0.15) is 0 Å². The highest BCUT2D eigenvalue weighted by Crippen LogP contribution is 2.45. The van der Waals surface area contributed by atoms with Crippen molar-refractivity contribution in [3.63, 3.8) is 0 Å². The number of aliphatic hydroxyl groups excluding tert-OH is 2. The molecule has 0 aromatic carbocycles. The number of hydrogen-bond donors (Lipinski definition) is 4. The van der Waals surface area contributed by atoms with Crippen molar-refractivity contribution in [2.75, 3.05) is 6.61 Å². The van der Waals surface area contributed by atoms with E-state index in [1.807, 2.05) is 75.4 Å². The topological polar surface area (TPSA) is 136 Å². The van der Waals surface area contributed by atoms with Crippen molar-refractivity contribution in [2.24, 2.45) is 15.4 Å². The van der Waals surface area contributed by atoms with Gasteiger partial charge in [-0.05, 0) is 81.5 Å². The number of Topliss-reactive ketones (excluding diaryl/α,β-unsaturated/α-hetero) is 1. The molecule has 1 fully saturated rings. The fourth-order valence-electron chi connectivity index (χ4n) is 5.54. The van der Waals surface area contributed by atoms with Crippen molar-refractivity contribution in [1.29, 1.82) is 0 Å². The summed E-state index contributed by atoms with van der Waals surface area (Å²) in [6, 6.07) is 3.96. The molecule has 0 amide bonds. The van der Waals surface area contributed by atoms with Crippen LogP contribution in [0.1, 0.15) is 31.7 Å². The van der Waals surface area contributed by atoms with Crippen molar-refractivity contribution < 1.29 is 15.0 Å². The van der Waals surface area contributed by atoms with E-state index in [1.165, 1.54) is 0 Å². The lowest BCUT2D eigenvalue weighted by atomic mass is 9.77. The second kappa shape index (κ2) is 8.93. The summed E-state index contributed by atoms with van der Waals surface area (Å²) in [7, 11) is 0. The number of nitrogens with zero attached hydrogens (tertiary/aromatic N) is 4. The van der Waals surface area contributed by atoms with E-state index in [2.05, 4.69) is 20.3 Å². The van der Waals surface area contributed by atoms with Crippen LogP contribution < -0.4 is 16.0 Å². The Morgan fingerprint density at radius 2 is 1.72 bits per heavy atom. The number of fused-ring (bicyclic) bond motifs is 6. The van der Waals surface area contributed by atoms with Gasteiger partial charge in [0.1, 0.15) is 16.9 Å². The largest absolute Gasteiger partial charge is 0.394 e. The Morgan fingerprint density at radius 1 is 1.00 bits per heavy atom. The number of aliphatic hydroxyl groups is 2. The lowest BCUT2D eigenvalue weighted by Gasteiger charge is -2.28. The standard InChI is InChI=1S/C30H30N6O3/c1-18-31-15-19(16-32-18)29-9-8-23(35-29)11-22-5-4-20(33-22)10-21-6-7-24(34-21)12-30(13-25(38)17-37)27(39)28(2,3)26(14-29)36-30/h4-12,14-16,25,33,36-38H,13,17H2,1-3H3. The molecular weight excluding hydrogens is 492 g/mol. The van der Waals surface area contributed by atoms with Gasteiger partial charge in [0.15, 0.2) is 5.78 Å². The van der Waals surface area contributed by atoms with Crippen LogP contribution in [-0.2, 0) is 10.3 Å². The van der Waals surface area contributed by atoms with Gasteiger partial charge >= 0.3 is 0 Å². The molecule has 6 heterocycles. The summed E-state index contributed by atoms with van der Waals surface area (Å²) in [5.41, 5.74) is 0.270. The van der Waals surface area contributed by atoms with Gasteiger partial charge in [-0.25, -0.2) is 15.0 Å². The minimum absolute atomic E-state index is 0.0201. The van der Waals surface area contributed by atoms with Crippen LogP contribution >= 0.6 is 0 Å². The van der Waals surface area contributed by atoms with Crippen LogP contribution in [0.5, 0.6) is 0 Å². The number of aromatic amines is 1. The van der Waals surface area contributed by atoms with Gasteiger partial charge in [-0.3, -0.25) is 9.79 Å². The second-order valence-electron chi connectivity index (χ2n) is 11.0. The van der Waals surface area contributed by atoms with Gasteiger partial charge in [0.05, 0.1) is 35.2 Å². The van der Waals surface area contributed by atoms with E-state index >= 15 is 0 Å². The maximum absolute atomic E-state index is 14.2. The number of aryl methyl sites for hydroxylation is 1. The Kier molecular flexibility index (Phi) is 5.74. The molecule has 39 heavy (non-hydrogen) atoms. The molecule has 2 aromatic rings. The quantitative estimate of drug-likeness (QED) is 0.474. The summed E-state index contributed by atoms with van der Waals surface area (Å²) in [4.78, 5) is 36.2. The highest BCUT2D eigenvalue weighted by Gasteiger charge is 2.55. The summed E-state index contributed by atoms with van der Waals surface area (Å²) >= 11 is 0. The molecule has 6 rings (SSSR count). The van der Waals surface area contributed by atoms with Crippen LogP contribution in [0.15, 0.2) is 82.4 Å². The number of hydrogen-bond acceptors (Lipinski definition) is 8. The average Bonchev–Trinajstić information content (AvgIpc) is 3.67. The Hall–Kier alpha value is -4.21. The van der Waals surface area contributed by atoms with Crippen molar-refractivity contribution in [2.45, 2.75) is 44.4 Å². The second-order valence-corrected chi connectivity index (χ2v) is 11.0. The molecule has 9 nitrogen and oxygen atoms in total. The first kappa shape index (κ1) is 25.1. The Bertz CT molecular complexity index is 1670. The number of aromatic nitrogens is 3. The molecule has 4 aliphatic rings. The molecule has 0 saturated carbocycles. The van der Waals surface area contributed by atoms with Gasteiger partial charge in [-0.1, -0.05) is 0 Å². The van der Waals surface area contributed by atoms with Crippen LogP contribution in [0.3, 0.4) is 0 Å². The number of carbonyl (C=O) groups excluding carboxylic acids is 1. The SMILES string of the molecule is Cc1ncc(C23C=CC(=N2)C=c2ccc([nH]2)=CC2=NC(=CC4(CC(O)CO)NC(=C3)C(C)(C)C4=O)C=C2)cn1. The summed E-state index contributed by atoms with van der Waals surface area (Å²) in [5, 5.41) is 25.4. The van der Waals surface area contributed by atoms with E-state index in [9.17, 15) is 15.0 Å². The van der Waals surface area contributed by atoms with Gasteiger partial charge in [0, 0.05) is 40.8 Å². The summed E-state index contributed by atoms with van der Waals surface area (Å²) in [6.07, 6.45) is 17.6. The molecule has 4 N–H and O–H groups in total. The highest BCUT2D eigenvalue weighted by molar-refractivity contribution is 6.20. The number of carbonyl (C=O) groups is 1. The molecular formula is C30H30N6O3. The zero-order chi connectivity index (χ0) is 27.4. The first-order chi connectivity index (χ1) is 18.6. The van der Waals surface area contributed by atoms with Gasteiger partial charge in [0.25, 0.3) is 0 Å². The maximum Gasteiger partial charge on any atom is 0.173 e. The average molecular weight is 523 g/mol. The molecule has 8 bridgehead atoms. The monoisotopic (exact) mass is 522 g/mol. The van der Waals surface area contributed by atoms with Crippen molar-refractivity contribution >= 4 is 29.4 Å². The third-order valence-electron chi connectivity index (χ3n) is 7.62. The highest BCUT2D eigenvalue weighted by atomic mass is 16.3. The first-order valence-electron chi connectivity index (χ1n) is 12.9. The summed E-state index contributed by atoms with van der Waals surface area (Å²) in [5.74, 6) is 0.514. The number of aliphatic imine (C=N–C) groups is 2. The van der Waals surface area contributed by atoms with Crippen LogP contribution in [0.4, 0.5) is 0 Å². The predicted octanol–water partition coefficient (Wildman–Crippen LogP) is 1.05. The third kappa shape index (κ3) is 4.33. The van der Waals surface area contributed by atoms with Gasteiger partial charge in [-0.15, -0.1) is 0 Å². The number of nitrogens with one attached hydrogen (secondary N) is 2. The van der Waals surface area contributed by atoms with E-state index in [0.29, 0.717) is 17.2 Å². The fraction of sp³-hybridized carbons (Fsp3) is 0.300. The summed E-state index contributed by atoms with van der Waals surface area (Å²) in [6.45, 7) is 5.07. The smallest absolute Gasteiger partial charge is 0.173 e. The molecule has 2 aromatic heterocycles. The van der Waals surface area contributed by atoms with E-state index in [1.54, 1.807) is 18.5 Å². The van der Waals surface area contributed by atoms with Crippen LogP contribution in [0.25, 0.3) is 12.2 Å². The lowest BCUT2D eigenvalue weighted by molar-refractivity contribution is -0.128. The van der Waals surface area contributed by atoms with E-state index in [-0.39, 0.29) is 12.2 Å². The van der Waals surface area contributed by atoms with Crippen LogP contribution in [0, 0.1) is 12.3 Å².